The molecule has 0 saturated carbocycles. The number of piperidine rings is 1. The molecule has 0 bridgehead atoms. The van der Waals surface area contributed by atoms with E-state index in [1.54, 1.807) is 12.0 Å². The van der Waals surface area contributed by atoms with Crippen molar-refractivity contribution < 1.29 is 14.3 Å². The second-order valence-corrected chi connectivity index (χ2v) is 6.27. The van der Waals surface area contributed by atoms with Crippen LogP contribution in [0.3, 0.4) is 0 Å². The highest BCUT2D eigenvalue weighted by molar-refractivity contribution is 5.87. The molecule has 0 unspecified atom stereocenters. The van der Waals surface area contributed by atoms with Gasteiger partial charge in [-0.05, 0) is 36.8 Å². The predicted octanol–water partition coefficient (Wildman–Crippen LogP) is 2.63. The molecular weight excluding hydrogens is 304 g/mol. The summed E-state index contributed by atoms with van der Waals surface area (Å²) >= 11 is 0. The first kappa shape index (κ1) is 18.5. The van der Waals surface area contributed by atoms with E-state index in [1.807, 2.05) is 31.2 Å². The van der Waals surface area contributed by atoms with Crippen LogP contribution >= 0.6 is 0 Å². The zero-order valence-electron chi connectivity index (χ0n) is 14.7. The fourth-order valence-electron chi connectivity index (χ4n) is 3.19. The standard InChI is InChI=1S/C19H28N2O3/c1-3-8-18(22)21-12-7-6-11-17(21)19(23)20-13-15-9-4-5-10-16(15)14-24-2/h4-5,9-10,17H,3,6-8,11-14H2,1-2H3,(H,20,23)/t17-/m0/s1. The van der Waals surface area contributed by atoms with Crippen molar-refractivity contribution in [3.8, 4) is 0 Å². The van der Waals surface area contributed by atoms with Crippen molar-refractivity contribution in [1.29, 1.82) is 0 Å². The topological polar surface area (TPSA) is 58.6 Å². The second-order valence-electron chi connectivity index (χ2n) is 6.27. The van der Waals surface area contributed by atoms with Crippen LogP contribution in [0.4, 0.5) is 0 Å². The van der Waals surface area contributed by atoms with Gasteiger partial charge in [-0.3, -0.25) is 9.59 Å². The lowest BCUT2D eigenvalue weighted by Gasteiger charge is -2.34. The molecule has 1 aromatic rings. The summed E-state index contributed by atoms with van der Waals surface area (Å²) in [4.78, 5) is 26.6. The molecule has 0 aliphatic carbocycles. The van der Waals surface area contributed by atoms with Crippen molar-refractivity contribution in [2.45, 2.75) is 58.2 Å². The molecule has 1 saturated heterocycles. The van der Waals surface area contributed by atoms with E-state index in [4.69, 9.17) is 4.74 Å². The monoisotopic (exact) mass is 332 g/mol. The Balaban J connectivity index is 1.99. The van der Waals surface area contributed by atoms with Gasteiger partial charge in [-0.2, -0.15) is 0 Å². The van der Waals surface area contributed by atoms with E-state index in [-0.39, 0.29) is 17.9 Å². The van der Waals surface area contributed by atoms with Gasteiger partial charge in [0.05, 0.1) is 6.61 Å². The summed E-state index contributed by atoms with van der Waals surface area (Å²) in [6.07, 6.45) is 4.06. The van der Waals surface area contributed by atoms with Gasteiger partial charge in [0.25, 0.3) is 0 Å². The fourth-order valence-corrected chi connectivity index (χ4v) is 3.19. The molecule has 24 heavy (non-hydrogen) atoms. The van der Waals surface area contributed by atoms with E-state index in [1.165, 1.54) is 0 Å². The third-order valence-electron chi connectivity index (χ3n) is 4.46. The highest BCUT2D eigenvalue weighted by atomic mass is 16.5. The van der Waals surface area contributed by atoms with Crippen LogP contribution in [0.25, 0.3) is 0 Å². The van der Waals surface area contributed by atoms with Gasteiger partial charge in [0.15, 0.2) is 0 Å². The Labute approximate surface area is 144 Å². The molecule has 2 amide bonds. The summed E-state index contributed by atoms with van der Waals surface area (Å²) in [5.74, 6) is 0.0449. The number of amides is 2. The van der Waals surface area contributed by atoms with Gasteiger partial charge < -0.3 is 15.0 Å². The Bertz CT molecular complexity index is 559. The van der Waals surface area contributed by atoms with Gasteiger partial charge in [-0.15, -0.1) is 0 Å². The van der Waals surface area contributed by atoms with Gasteiger partial charge in [0, 0.05) is 26.6 Å². The molecule has 5 nitrogen and oxygen atoms in total. The van der Waals surface area contributed by atoms with E-state index >= 15 is 0 Å². The molecule has 2 rings (SSSR count). The minimum atomic E-state index is -0.326. The van der Waals surface area contributed by atoms with Crippen molar-refractivity contribution in [3.05, 3.63) is 35.4 Å². The first-order chi connectivity index (χ1) is 11.7. The average molecular weight is 332 g/mol. The highest BCUT2D eigenvalue weighted by Gasteiger charge is 2.31. The molecule has 1 aliphatic heterocycles. The lowest BCUT2D eigenvalue weighted by atomic mass is 10.00. The summed E-state index contributed by atoms with van der Waals surface area (Å²) in [7, 11) is 1.66. The molecule has 1 fully saturated rings. The fraction of sp³-hybridized carbons (Fsp3) is 0.579. The summed E-state index contributed by atoms with van der Waals surface area (Å²) in [5.41, 5.74) is 2.12. The number of likely N-dealkylation sites (tertiary alicyclic amines) is 1. The summed E-state index contributed by atoms with van der Waals surface area (Å²) in [6, 6.07) is 7.59. The third-order valence-corrected chi connectivity index (χ3v) is 4.46. The molecule has 1 heterocycles. The van der Waals surface area contributed by atoms with Crippen LogP contribution in [0, 0.1) is 0 Å². The molecular formula is C19H28N2O3. The third kappa shape index (κ3) is 4.81. The molecule has 132 valence electrons. The van der Waals surface area contributed by atoms with Gasteiger partial charge in [0.1, 0.15) is 6.04 Å². The molecule has 1 aliphatic rings. The van der Waals surface area contributed by atoms with Crippen LogP contribution in [-0.4, -0.2) is 36.4 Å². The van der Waals surface area contributed by atoms with Crippen molar-refractivity contribution >= 4 is 11.8 Å². The summed E-state index contributed by atoms with van der Waals surface area (Å²) in [5, 5.41) is 3.01. The van der Waals surface area contributed by atoms with E-state index in [0.29, 0.717) is 26.1 Å². The lowest BCUT2D eigenvalue weighted by Crippen LogP contribution is -2.51. The van der Waals surface area contributed by atoms with Crippen LogP contribution in [0.15, 0.2) is 24.3 Å². The Morgan fingerprint density at radius 3 is 2.71 bits per heavy atom. The number of ether oxygens (including phenoxy) is 1. The molecule has 1 aromatic carbocycles. The average Bonchev–Trinajstić information content (AvgIpc) is 2.61. The number of hydrogen-bond acceptors (Lipinski definition) is 3. The Kier molecular flexibility index (Phi) is 7.25. The first-order valence-corrected chi connectivity index (χ1v) is 8.80. The zero-order chi connectivity index (χ0) is 17.4. The minimum Gasteiger partial charge on any atom is -0.380 e. The number of nitrogens with zero attached hydrogens (tertiary/aromatic N) is 1. The van der Waals surface area contributed by atoms with E-state index in [9.17, 15) is 9.59 Å². The van der Waals surface area contributed by atoms with Gasteiger partial charge in [-0.25, -0.2) is 0 Å². The predicted molar refractivity (Wildman–Crippen MR) is 93.3 cm³/mol. The largest absolute Gasteiger partial charge is 0.380 e. The molecule has 5 heteroatoms. The van der Waals surface area contributed by atoms with Gasteiger partial charge >= 0.3 is 0 Å². The van der Waals surface area contributed by atoms with Crippen molar-refractivity contribution in [3.63, 3.8) is 0 Å². The second kappa shape index (κ2) is 9.42. The van der Waals surface area contributed by atoms with Crippen LogP contribution in [-0.2, 0) is 27.5 Å². The van der Waals surface area contributed by atoms with Crippen LogP contribution in [0.2, 0.25) is 0 Å². The van der Waals surface area contributed by atoms with E-state index < -0.39 is 0 Å². The first-order valence-electron chi connectivity index (χ1n) is 8.80. The maximum Gasteiger partial charge on any atom is 0.243 e. The van der Waals surface area contributed by atoms with Gasteiger partial charge in [0.2, 0.25) is 11.8 Å². The normalized spacial score (nSPS) is 17.6. The number of rotatable bonds is 7. The number of benzene rings is 1. The number of methoxy groups -OCH3 is 1. The quantitative estimate of drug-likeness (QED) is 0.835. The van der Waals surface area contributed by atoms with E-state index in [0.717, 1.165) is 36.8 Å². The molecule has 1 atom stereocenters. The van der Waals surface area contributed by atoms with Crippen molar-refractivity contribution in [2.75, 3.05) is 13.7 Å². The lowest BCUT2D eigenvalue weighted by molar-refractivity contribution is -0.142. The Hall–Kier alpha value is -1.88. The SMILES string of the molecule is CCCC(=O)N1CCCC[C@H]1C(=O)NCc1ccccc1COC. The van der Waals surface area contributed by atoms with E-state index in [2.05, 4.69) is 5.32 Å². The number of hydrogen-bond donors (Lipinski definition) is 1. The van der Waals surface area contributed by atoms with Gasteiger partial charge in [-0.1, -0.05) is 31.2 Å². The van der Waals surface area contributed by atoms with Crippen LogP contribution in [0.5, 0.6) is 0 Å². The summed E-state index contributed by atoms with van der Waals surface area (Å²) in [6.45, 7) is 3.67. The number of carbonyl (C=O) groups is 2. The van der Waals surface area contributed by atoms with Crippen LogP contribution < -0.4 is 5.32 Å². The maximum absolute atomic E-state index is 12.6. The number of nitrogens with one attached hydrogen (secondary N) is 1. The maximum atomic E-state index is 12.6. The molecule has 0 spiro atoms. The highest BCUT2D eigenvalue weighted by Crippen LogP contribution is 2.19. The molecule has 1 N–H and O–H groups in total. The Morgan fingerprint density at radius 2 is 2.00 bits per heavy atom. The summed E-state index contributed by atoms with van der Waals surface area (Å²) < 4.78 is 5.20. The van der Waals surface area contributed by atoms with Crippen molar-refractivity contribution in [2.24, 2.45) is 0 Å². The smallest absolute Gasteiger partial charge is 0.243 e. The number of carbonyl (C=O) groups excluding carboxylic acids is 2. The zero-order valence-corrected chi connectivity index (χ0v) is 14.7. The minimum absolute atomic E-state index is 0.0497. The Morgan fingerprint density at radius 1 is 1.25 bits per heavy atom. The van der Waals surface area contributed by atoms with Crippen LogP contribution in [0.1, 0.15) is 50.2 Å². The molecule has 0 radical (unpaired) electrons. The molecule has 0 aromatic heterocycles. The van der Waals surface area contributed by atoms with Crippen molar-refractivity contribution in [1.82, 2.24) is 10.2 Å².